The number of nitrogens with zero attached hydrogens (tertiary/aromatic N) is 2. The van der Waals surface area contributed by atoms with Crippen molar-refractivity contribution in [3.05, 3.63) is 76.0 Å². The van der Waals surface area contributed by atoms with Gasteiger partial charge in [-0.25, -0.2) is 18.7 Å². The van der Waals surface area contributed by atoms with Gasteiger partial charge in [0.25, 0.3) is 5.91 Å². The Morgan fingerprint density at radius 2 is 1.54 bits per heavy atom. The second-order valence-corrected chi connectivity index (χ2v) is 5.85. The van der Waals surface area contributed by atoms with E-state index in [1.165, 1.54) is 18.3 Å². The number of rotatable bonds is 4. The predicted octanol–water partition coefficient (Wildman–Crippen LogP) is 5.06. The Kier molecular flexibility index (Phi) is 5.29. The van der Waals surface area contributed by atoms with Crippen molar-refractivity contribution in [1.82, 2.24) is 9.97 Å². The van der Waals surface area contributed by atoms with Crippen LogP contribution in [0.5, 0.6) is 0 Å². The van der Waals surface area contributed by atoms with E-state index in [4.69, 9.17) is 23.2 Å². The van der Waals surface area contributed by atoms with Crippen LogP contribution in [0.1, 0.15) is 10.5 Å². The van der Waals surface area contributed by atoms with E-state index < -0.39 is 23.2 Å². The number of nitrogens with one attached hydrogen (secondary N) is 2. The summed E-state index contributed by atoms with van der Waals surface area (Å²) in [6.07, 6.45) is 1.31. The Labute approximate surface area is 157 Å². The van der Waals surface area contributed by atoms with E-state index in [0.29, 0.717) is 15.7 Å². The topological polar surface area (TPSA) is 66.9 Å². The van der Waals surface area contributed by atoms with E-state index in [1.807, 2.05) is 0 Å². The van der Waals surface area contributed by atoms with Crippen molar-refractivity contribution >= 4 is 46.4 Å². The lowest BCUT2D eigenvalue weighted by Gasteiger charge is -2.10. The highest BCUT2D eigenvalue weighted by Gasteiger charge is 2.15. The second kappa shape index (κ2) is 7.63. The van der Waals surface area contributed by atoms with E-state index in [1.54, 1.807) is 18.2 Å². The average Bonchev–Trinajstić information content (AvgIpc) is 2.62. The molecule has 0 radical (unpaired) electrons. The Hall–Kier alpha value is -2.77. The summed E-state index contributed by atoms with van der Waals surface area (Å²) in [5.74, 6) is -2.55. The van der Waals surface area contributed by atoms with Gasteiger partial charge >= 0.3 is 0 Å². The maximum Gasteiger partial charge on any atom is 0.274 e. The van der Waals surface area contributed by atoms with Gasteiger partial charge in [0.2, 0.25) is 5.95 Å². The molecule has 0 saturated carbocycles. The molecule has 9 heteroatoms. The molecular weight excluding hydrogens is 385 g/mol. The molecule has 0 aliphatic carbocycles. The minimum Gasteiger partial charge on any atom is -0.322 e. The zero-order chi connectivity index (χ0) is 18.7. The van der Waals surface area contributed by atoms with Crippen molar-refractivity contribution in [2.45, 2.75) is 0 Å². The van der Waals surface area contributed by atoms with Crippen molar-refractivity contribution in [1.29, 1.82) is 0 Å². The van der Waals surface area contributed by atoms with Crippen LogP contribution < -0.4 is 10.6 Å². The third-order valence-electron chi connectivity index (χ3n) is 3.29. The number of carbonyl (C=O) groups is 1. The highest BCUT2D eigenvalue weighted by molar-refractivity contribution is 6.39. The van der Waals surface area contributed by atoms with Crippen LogP contribution in [0, 0.1) is 11.6 Å². The minimum atomic E-state index is -0.895. The SMILES string of the molecule is O=C(Nc1c(F)cccc1F)c1ccnc(Nc2c(Cl)cccc2Cl)n1. The van der Waals surface area contributed by atoms with Crippen LogP contribution in [0.25, 0.3) is 0 Å². The van der Waals surface area contributed by atoms with E-state index in [0.717, 1.165) is 12.1 Å². The van der Waals surface area contributed by atoms with Crippen molar-refractivity contribution in [3.63, 3.8) is 0 Å². The first kappa shape index (κ1) is 18.0. The summed E-state index contributed by atoms with van der Waals surface area (Å²) in [4.78, 5) is 20.2. The molecule has 2 N–H and O–H groups in total. The molecule has 0 aliphatic rings. The molecule has 1 heterocycles. The molecule has 0 spiro atoms. The summed E-state index contributed by atoms with van der Waals surface area (Å²) in [6, 6.07) is 9.47. The van der Waals surface area contributed by atoms with Crippen molar-refractivity contribution in [3.8, 4) is 0 Å². The summed E-state index contributed by atoms with van der Waals surface area (Å²) in [6.45, 7) is 0. The molecular formula is C17H10Cl2F2N4O. The standard InChI is InChI=1S/C17H10Cl2F2N4O/c18-9-3-1-4-10(19)14(9)25-17-22-8-7-13(23-17)16(26)24-15-11(20)5-2-6-12(15)21/h1-8H,(H,24,26)(H,22,23,25). The third kappa shape index (κ3) is 3.89. The number of para-hydroxylation sites is 2. The smallest absolute Gasteiger partial charge is 0.274 e. The Morgan fingerprint density at radius 1 is 0.923 bits per heavy atom. The lowest BCUT2D eigenvalue weighted by atomic mass is 10.2. The van der Waals surface area contributed by atoms with Crippen LogP contribution in [0.2, 0.25) is 10.0 Å². The zero-order valence-electron chi connectivity index (χ0n) is 12.9. The van der Waals surface area contributed by atoms with Crippen molar-refractivity contribution < 1.29 is 13.6 Å². The number of benzene rings is 2. The molecule has 1 aromatic heterocycles. The minimum absolute atomic E-state index is 0.0432. The Balaban J connectivity index is 1.84. The second-order valence-electron chi connectivity index (χ2n) is 5.04. The van der Waals surface area contributed by atoms with Gasteiger partial charge in [0.05, 0.1) is 15.7 Å². The quantitative estimate of drug-likeness (QED) is 0.648. The monoisotopic (exact) mass is 394 g/mol. The van der Waals surface area contributed by atoms with Gasteiger partial charge < -0.3 is 10.6 Å². The number of amides is 1. The Bertz CT molecular complexity index is 944. The number of hydrogen-bond acceptors (Lipinski definition) is 4. The first-order chi connectivity index (χ1) is 12.5. The first-order valence-electron chi connectivity index (χ1n) is 7.25. The van der Waals surface area contributed by atoms with Crippen LogP contribution >= 0.6 is 23.2 Å². The van der Waals surface area contributed by atoms with E-state index in [9.17, 15) is 13.6 Å². The van der Waals surface area contributed by atoms with Gasteiger partial charge in [-0.2, -0.15) is 0 Å². The molecule has 0 atom stereocenters. The van der Waals surface area contributed by atoms with Crippen molar-refractivity contribution in [2.75, 3.05) is 10.6 Å². The van der Waals surface area contributed by atoms with E-state index >= 15 is 0 Å². The van der Waals surface area contributed by atoms with Gasteiger partial charge in [-0.1, -0.05) is 35.3 Å². The Morgan fingerprint density at radius 3 is 2.19 bits per heavy atom. The van der Waals surface area contributed by atoms with Crippen LogP contribution in [0.3, 0.4) is 0 Å². The fourth-order valence-corrected chi connectivity index (χ4v) is 2.56. The average molecular weight is 395 g/mol. The predicted molar refractivity (Wildman–Crippen MR) is 96.1 cm³/mol. The third-order valence-corrected chi connectivity index (χ3v) is 3.92. The molecule has 132 valence electrons. The molecule has 5 nitrogen and oxygen atoms in total. The highest BCUT2D eigenvalue weighted by atomic mass is 35.5. The molecule has 2 aromatic carbocycles. The maximum atomic E-state index is 13.7. The van der Waals surface area contributed by atoms with Crippen LogP contribution in [-0.4, -0.2) is 15.9 Å². The fourth-order valence-electron chi connectivity index (χ4n) is 2.07. The van der Waals surface area contributed by atoms with E-state index in [2.05, 4.69) is 20.6 Å². The lowest BCUT2D eigenvalue weighted by Crippen LogP contribution is -2.16. The normalized spacial score (nSPS) is 10.5. The van der Waals surface area contributed by atoms with Gasteiger partial charge in [-0.05, 0) is 30.3 Å². The molecule has 0 fully saturated rings. The highest BCUT2D eigenvalue weighted by Crippen LogP contribution is 2.31. The summed E-state index contributed by atoms with van der Waals surface area (Å²) in [5, 5.41) is 5.63. The molecule has 0 aliphatic heterocycles. The molecule has 1 amide bonds. The lowest BCUT2D eigenvalue weighted by molar-refractivity contribution is 0.102. The molecule has 0 unspecified atom stereocenters. The van der Waals surface area contributed by atoms with Gasteiger partial charge in [0.15, 0.2) is 0 Å². The van der Waals surface area contributed by atoms with Gasteiger partial charge in [0.1, 0.15) is 23.0 Å². The van der Waals surface area contributed by atoms with E-state index in [-0.39, 0.29) is 11.6 Å². The summed E-state index contributed by atoms with van der Waals surface area (Å²) < 4.78 is 27.3. The zero-order valence-corrected chi connectivity index (χ0v) is 14.4. The first-order valence-corrected chi connectivity index (χ1v) is 8.01. The molecule has 0 bridgehead atoms. The number of aromatic nitrogens is 2. The summed E-state index contributed by atoms with van der Waals surface area (Å²) in [5.41, 5.74) is -0.290. The number of anilines is 3. The van der Waals surface area contributed by atoms with Gasteiger partial charge in [-0.3, -0.25) is 4.79 Å². The molecule has 26 heavy (non-hydrogen) atoms. The molecule has 3 aromatic rings. The fraction of sp³-hybridized carbons (Fsp3) is 0. The summed E-state index contributed by atoms with van der Waals surface area (Å²) >= 11 is 12.1. The molecule has 0 saturated heterocycles. The van der Waals surface area contributed by atoms with Crippen LogP contribution in [0.15, 0.2) is 48.7 Å². The van der Waals surface area contributed by atoms with Crippen molar-refractivity contribution in [2.24, 2.45) is 0 Å². The van der Waals surface area contributed by atoms with Gasteiger partial charge in [0, 0.05) is 6.20 Å². The van der Waals surface area contributed by atoms with Crippen LogP contribution in [0.4, 0.5) is 26.1 Å². The number of carbonyl (C=O) groups excluding carboxylic acids is 1. The maximum absolute atomic E-state index is 13.7. The number of hydrogen-bond donors (Lipinski definition) is 2. The summed E-state index contributed by atoms with van der Waals surface area (Å²) in [7, 11) is 0. The van der Waals surface area contributed by atoms with Crippen LogP contribution in [-0.2, 0) is 0 Å². The molecule has 3 rings (SSSR count). The van der Waals surface area contributed by atoms with Gasteiger partial charge in [-0.15, -0.1) is 0 Å². The number of halogens is 4. The largest absolute Gasteiger partial charge is 0.322 e.